The highest BCUT2D eigenvalue weighted by Crippen LogP contribution is 2.64. The molecule has 2 N–H and O–H groups in total. The summed E-state index contributed by atoms with van der Waals surface area (Å²) in [6.07, 6.45) is 6.05. The molecule has 1 saturated carbocycles. The summed E-state index contributed by atoms with van der Waals surface area (Å²) in [6.45, 7) is 0. The van der Waals surface area contributed by atoms with E-state index in [-0.39, 0.29) is 0 Å². The quantitative estimate of drug-likeness (QED) is 0.729. The van der Waals surface area contributed by atoms with Gasteiger partial charge in [0.1, 0.15) is 0 Å². The Morgan fingerprint density at radius 2 is 2.07 bits per heavy atom. The number of hydrogen-bond donors (Lipinski definition) is 2. The third-order valence-corrected chi connectivity index (χ3v) is 3.94. The average Bonchev–Trinajstić information content (AvgIpc) is 2.82. The predicted octanol–water partition coefficient (Wildman–Crippen LogP) is 1.28. The molecule has 2 aliphatic carbocycles. The van der Waals surface area contributed by atoms with Crippen molar-refractivity contribution in [2.24, 2.45) is 5.41 Å². The summed E-state index contributed by atoms with van der Waals surface area (Å²) in [6, 6.07) is 0. The normalized spacial score (nSPS) is 31.3. The van der Waals surface area contributed by atoms with Crippen molar-refractivity contribution in [3.63, 3.8) is 0 Å². The van der Waals surface area contributed by atoms with Gasteiger partial charge in [-0.15, -0.1) is 0 Å². The Morgan fingerprint density at radius 3 is 2.67 bits per heavy atom. The number of carboxylic acids is 1. The minimum absolute atomic E-state index is 0.435. The molecule has 3 rings (SSSR count). The fourth-order valence-electron chi connectivity index (χ4n) is 2.78. The standard InChI is InChI=1S/C11H12O4/c12-9(13)11(14)8-6-15-5-7(8)1-2-10(11)3-4-10/h5-6,14H,1-4H2,(H,12,13). The van der Waals surface area contributed by atoms with Crippen LogP contribution in [0.4, 0.5) is 0 Å². The van der Waals surface area contributed by atoms with Gasteiger partial charge in [0.2, 0.25) is 0 Å². The van der Waals surface area contributed by atoms with Gasteiger partial charge in [-0.1, -0.05) is 0 Å². The second kappa shape index (κ2) is 2.44. The molecule has 2 aliphatic rings. The van der Waals surface area contributed by atoms with Crippen molar-refractivity contribution in [2.75, 3.05) is 0 Å². The fraction of sp³-hybridized carbons (Fsp3) is 0.545. The minimum Gasteiger partial charge on any atom is -0.479 e. The van der Waals surface area contributed by atoms with Crippen LogP contribution in [0.3, 0.4) is 0 Å². The van der Waals surface area contributed by atoms with Crippen LogP contribution >= 0.6 is 0 Å². The van der Waals surface area contributed by atoms with Crippen LogP contribution in [0.25, 0.3) is 0 Å². The van der Waals surface area contributed by atoms with Gasteiger partial charge >= 0.3 is 5.97 Å². The van der Waals surface area contributed by atoms with Crippen LogP contribution in [0.1, 0.15) is 30.4 Å². The van der Waals surface area contributed by atoms with Crippen LogP contribution in [-0.2, 0) is 16.8 Å². The van der Waals surface area contributed by atoms with Crippen LogP contribution in [0, 0.1) is 5.41 Å². The minimum atomic E-state index is -1.73. The molecule has 1 unspecified atom stereocenters. The van der Waals surface area contributed by atoms with Crippen molar-refractivity contribution in [3.8, 4) is 0 Å². The Bertz CT molecular complexity index is 430. The lowest BCUT2D eigenvalue weighted by molar-refractivity contribution is -0.171. The van der Waals surface area contributed by atoms with E-state index >= 15 is 0 Å². The molecule has 1 fully saturated rings. The first-order valence-electron chi connectivity index (χ1n) is 5.11. The molecular formula is C11H12O4. The van der Waals surface area contributed by atoms with E-state index < -0.39 is 17.0 Å². The van der Waals surface area contributed by atoms with E-state index in [0.29, 0.717) is 5.56 Å². The molecule has 1 aromatic rings. The summed E-state index contributed by atoms with van der Waals surface area (Å²) in [5.41, 5.74) is -0.875. The summed E-state index contributed by atoms with van der Waals surface area (Å²) in [7, 11) is 0. The largest absolute Gasteiger partial charge is 0.479 e. The SMILES string of the molecule is O=C(O)C1(O)c2cocc2CCC12CC2. The average molecular weight is 208 g/mol. The van der Waals surface area contributed by atoms with E-state index in [4.69, 9.17) is 4.42 Å². The van der Waals surface area contributed by atoms with Crippen molar-refractivity contribution < 1.29 is 19.4 Å². The maximum atomic E-state index is 11.3. The van der Waals surface area contributed by atoms with Gasteiger partial charge in [0.05, 0.1) is 12.5 Å². The molecule has 1 aromatic heterocycles. The molecule has 4 nitrogen and oxygen atoms in total. The van der Waals surface area contributed by atoms with Gasteiger partial charge in [-0.3, -0.25) is 0 Å². The predicted molar refractivity (Wildman–Crippen MR) is 50.2 cm³/mol. The Balaban J connectivity index is 2.21. The molecule has 15 heavy (non-hydrogen) atoms. The Labute approximate surface area is 86.5 Å². The van der Waals surface area contributed by atoms with Crippen LogP contribution in [0.15, 0.2) is 16.9 Å². The van der Waals surface area contributed by atoms with E-state index in [1.54, 1.807) is 6.26 Å². The van der Waals surface area contributed by atoms with Crippen LogP contribution in [0.2, 0.25) is 0 Å². The number of carboxylic acid groups (broad SMARTS) is 1. The first kappa shape index (κ1) is 8.97. The first-order chi connectivity index (χ1) is 7.10. The fourth-order valence-corrected chi connectivity index (χ4v) is 2.78. The highest BCUT2D eigenvalue weighted by molar-refractivity contribution is 5.82. The van der Waals surface area contributed by atoms with Gasteiger partial charge in [-0.2, -0.15) is 0 Å². The number of hydrogen-bond acceptors (Lipinski definition) is 3. The summed E-state index contributed by atoms with van der Waals surface area (Å²) in [5, 5.41) is 19.7. The first-order valence-corrected chi connectivity index (χ1v) is 5.11. The number of rotatable bonds is 1. The van der Waals surface area contributed by atoms with Crippen molar-refractivity contribution in [1.82, 2.24) is 0 Å². The van der Waals surface area contributed by atoms with Crippen molar-refractivity contribution in [2.45, 2.75) is 31.3 Å². The molecule has 80 valence electrons. The van der Waals surface area contributed by atoms with Gasteiger partial charge in [-0.05, 0) is 31.2 Å². The second-order valence-corrected chi connectivity index (χ2v) is 4.61. The Morgan fingerprint density at radius 1 is 1.33 bits per heavy atom. The third kappa shape index (κ3) is 0.880. The molecule has 0 aromatic carbocycles. The Hall–Kier alpha value is -1.29. The lowest BCUT2D eigenvalue weighted by Gasteiger charge is -2.36. The van der Waals surface area contributed by atoms with Gasteiger partial charge in [0.15, 0.2) is 5.60 Å². The molecule has 4 heteroatoms. The van der Waals surface area contributed by atoms with Crippen molar-refractivity contribution >= 4 is 5.97 Å². The number of aliphatic carboxylic acids is 1. The maximum Gasteiger partial charge on any atom is 0.341 e. The molecule has 1 spiro atoms. The number of furan rings is 1. The van der Waals surface area contributed by atoms with E-state index in [1.807, 2.05) is 0 Å². The van der Waals surface area contributed by atoms with E-state index in [0.717, 1.165) is 31.2 Å². The molecule has 1 heterocycles. The Kier molecular flexibility index (Phi) is 1.46. The number of carbonyl (C=O) groups is 1. The third-order valence-electron chi connectivity index (χ3n) is 3.94. The topological polar surface area (TPSA) is 70.7 Å². The van der Waals surface area contributed by atoms with Gasteiger partial charge < -0.3 is 14.6 Å². The number of fused-ring (bicyclic) bond motifs is 1. The smallest absolute Gasteiger partial charge is 0.341 e. The van der Waals surface area contributed by atoms with E-state index in [9.17, 15) is 15.0 Å². The van der Waals surface area contributed by atoms with Gasteiger partial charge in [0, 0.05) is 11.0 Å². The summed E-state index contributed by atoms with van der Waals surface area (Å²) in [5.74, 6) is -1.15. The zero-order valence-corrected chi connectivity index (χ0v) is 8.19. The van der Waals surface area contributed by atoms with Crippen LogP contribution in [0.5, 0.6) is 0 Å². The zero-order valence-electron chi connectivity index (χ0n) is 8.19. The van der Waals surface area contributed by atoms with Crippen molar-refractivity contribution in [3.05, 3.63) is 23.7 Å². The summed E-state index contributed by atoms with van der Waals surface area (Å²) < 4.78 is 5.01. The van der Waals surface area contributed by atoms with Crippen LogP contribution < -0.4 is 0 Å². The number of aryl methyl sites for hydroxylation is 1. The number of aliphatic hydroxyl groups is 1. The van der Waals surface area contributed by atoms with Gasteiger partial charge in [-0.25, -0.2) is 4.79 Å². The maximum absolute atomic E-state index is 11.3. The van der Waals surface area contributed by atoms with Crippen LogP contribution in [-0.4, -0.2) is 16.2 Å². The van der Waals surface area contributed by atoms with Crippen molar-refractivity contribution in [1.29, 1.82) is 0 Å². The lowest BCUT2D eigenvalue weighted by atomic mass is 9.70. The molecular weight excluding hydrogens is 196 g/mol. The highest BCUT2D eigenvalue weighted by atomic mass is 16.4. The molecule has 0 saturated heterocycles. The molecule has 0 aliphatic heterocycles. The summed E-state index contributed by atoms with van der Waals surface area (Å²) >= 11 is 0. The molecule has 1 atom stereocenters. The lowest BCUT2D eigenvalue weighted by Crippen LogP contribution is -2.47. The van der Waals surface area contributed by atoms with Gasteiger partial charge in [0.25, 0.3) is 0 Å². The molecule has 0 amide bonds. The van der Waals surface area contributed by atoms with E-state index in [1.165, 1.54) is 6.26 Å². The zero-order chi connectivity index (χ0) is 10.7. The molecule has 0 radical (unpaired) electrons. The highest BCUT2D eigenvalue weighted by Gasteiger charge is 2.66. The van der Waals surface area contributed by atoms with E-state index in [2.05, 4.69) is 0 Å². The molecule has 0 bridgehead atoms. The monoisotopic (exact) mass is 208 g/mol. The summed E-state index contributed by atoms with van der Waals surface area (Å²) in [4.78, 5) is 11.3. The second-order valence-electron chi connectivity index (χ2n) is 4.61.